The normalized spacial score (nSPS) is 12.7. The second-order valence-corrected chi connectivity index (χ2v) is 4.67. The van der Waals surface area contributed by atoms with Crippen molar-refractivity contribution >= 4 is 34.7 Å². The molecule has 2 rings (SSSR count). The van der Waals surface area contributed by atoms with E-state index in [1.54, 1.807) is 23.6 Å². The first-order valence-corrected chi connectivity index (χ1v) is 6.15. The highest BCUT2D eigenvalue weighted by Crippen LogP contribution is 2.28. The van der Waals surface area contributed by atoms with E-state index >= 15 is 0 Å². The smallest absolute Gasteiger partial charge is 0.104 e. The molecule has 0 saturated carbocycles. The van der Waals surface area contributed by atoms with Crippen LogP contribution in [0, 0.1) is 0 Å². The highest BCUT2D eigenvalue weighted by Gasteiger charge is 2.15. The summed E-state index contributed by atoms with van der Waals surface area (Å²) in [5.41, 5.74) is 1.27. The summed E-state index contributed by atoms with van der Waals surface area (Å²) in [7, 11) is 0. The van der Waals surface area contributed by atoms with Gasteiger partial charge in [-0.15, -0.1) is 5.10 Å². The van der Waals surface area contributed by atoms with Crippen molar-refractivity contribution in [2.24, 2.45) is 0 Å². The van der Waals surface area contributed by atoms with Crippen molar-refractivity contribution in [3.05, 3.63) is 44.9 Å². The van der Waals surface area contributed by atoms with Crippen LogP contribution in [0.1, 0.15) is 17.4 Å². The largest absolute Gasteiger partial charge is 0.386 e. The topological polar surface area (TPSA) is 46.0 Å². The minimum atomic E-state index is -0.726. The Morgan fingerprint density at radius 2 is 2.00 bits per heavy atom. The van der Waals surface area contributed by atoms with Crippen LogP contribution < -0.4 is 0 Å². The molecule has 0 fully saturated rings. The van der Waals surface area contributed by atoms with Gasteiger partial charge >= 0.3 is 0 Å². The molecule has 0 aliphatic carbocycles. The summed E-state index contributed by atoms with van der Waals surface area (Å²) >= 11 is 13.2. The summed E-state index contributed by atoms with van der Waals surface area (Å²) in [6.07, 6.45) is -0.389. The van der Waals surface area contributed by atoms with E-state index in [2.05, 4.69) is 9.59 Å². The summed E-state index contributed by atoms with van der Waals surface area (Å²) in [4.78, 5) is 0. The average molecular weight is 275 g/mol. The molecule has 1 atom stereocenters. The second kappa shape index (κ2) is 5.10. The van der Waals surface area contributed by atoms with E-state index in [0.29, 0.717) is 22.2 Å². The van der Waals surface area contributed by atoms with Gasteiger partial charge in [0, 0.05) is 21.8 Å². The van der Waals surface area contributed by atoms with Crippen molar-refractivity contribution < 1.29 is 5.11 Å². The van der Waals surface area contributed by atoms with Crippen molar-refractivity contribution in [2.75, 3.05) is 0 Å². The molecular formula is C10H8Cl2N2OS. The Hall–Kier alpha value is -0.680. The number of aliphatic hydroxyl groups is 1. The van der Waals surface area contributed by atoms with Crippen molar-refractivity contribution in [3.8, 4) is 0 Å². The van der Waals surface area contributed by atoms with E-state index in [1.807, 2.05) is 0 Å². The number of hydrogen-bond donors (Lipinski definition) is 1. The molecule has 0 spiro atoms. The van der Waals surface area contributed by atoms with E-state index in [0.717, 1.165) is 5.56 Å². The van der Waals surface area contributed by atoms with Crippen LogP contribution in [0.2, 0.25) is 10.0 Å². The molecule has 16 heavy (non-hydrogen) atoms. The molecule has 1 heterocycles. The quantitative estimate of drug-likeness (QED) is 0.936. The first-order chi connectivity index (χ1) is 7.68. The van der Waals surface area contributed by atoms with Gasteiger partial charge in [0.15, 0.2) is 0 Å². The van der Waals surface area contributed by atoms with Crippen molar-refractivity contribution in [1.82, 2.24) is 9.59 Å². The predicted octanol–water partition coefficient (Wildman–Crippen LogP) is 3.12. The van der Waals surface area contributed by atoms with E-state index in [-0.39, 0.29) is 0 Å². The molecule has 0 radical (unpaired) electrons. The Balaban J connectivity index is 2.21. The van der Waals surface area contributed by atoms with Crippen LogP contribution in [-0.4, -0.2) is 14.7 Å². The lowest BCUT2D eigenvalue weighted by molar-refractivity contribution is 0.173. The Morgan fingerprint density at radius 1 is 1.31 bits per heavy atom. The van der Waals surface area contributed by atoms with Gasteiger partial charge in [0.05, 0.1) is 0 Å². The van der Waals surface area contributed by atoms with Crippen molar-refractivity contribution in [1.29, 1.82) is 0 Å². The molecule has 3 nitrogen and oxygen atoms in total. The highest BCUT2D eigenvalue weighted by atomic mass is 35.5. The lowest BCUT2D eigenvalue weighted by Gasteiger charge is -2.10. The lowest BCUT2D eigenvalue weighted by atomic mass is 10.1. The summed E-state index contributed by atoms with van der Waals surface area (Å²) in [6, 6.07) is 5.26. The Bertz CT molecular complexity index is 455. The van der Waals surface area contributed by atoms with Crippen LogP contribution in [0.3, 0.4) is 0 Å². The van der Waals surface area contributed by atoms with E-state index in [9.17, 15) is 5.11 Å². The minimum Gasteiger partial charge on any atom is -0.386 e. The van der Waals surface area contributed by atoms with Crippen molar-refractivity contribution in [2.45, 2.75) is 12.5 Å². The molecule has 2 aromatic rings. The number of aromatic nitrogens is 2. The number of rotatable bonds is 3. The van der Waals surface area contributed by atoms with Gasteiger partial charge in [-0.1, -0.05) is 33.8 Å². The first kappa shape index (κ1) is 11.8. The molecule has 0 aliphatic heterocycles. The molecule has 84 valence electrons. The number of halogens is 2. The van der Waals surface area contributed by atoms with Crippen molar-refractivity contribution in [3.63, 3.8) is 0 Å². The van der Waals surface area contributed by atoms with Gasteiger partial charge in [0.2, 0.25) is 0 Å². The maximum absolute atomic E-state index is 9.90. The predicted molar refractivity (Wildman–Crippen MR) is 65.0 cm³/mol. The lowest BCUT2D eigenvalue weighted by Crippen LogP contribution is -2.03. The van der Waals surface area contributed by atoms with Crippen LogP contribution in [0.5, 0.6) is 0 Å². The van der Waals surface area contributed by atoms with Crippen LogP contribution >= 0.6 is 34.7 Å². The van der Waals surface area contributed by atoms with E-state index < -0.39 is 6.10 Å². The zero-order chi connectivity index (χ0) is 11.5. The highest BCUT2D eigenvalue weighted by molar-refractivity contribution is 7.03. The van der Waals surface area contributed by atoms with Gasteiger partial charge in [-0.05, 0) is 29.2 Å². The van der Waals surface area contributed by atoms with Crippen LogP contribution in [0.25, 0.3) is 0 Å². The Morgan fingerprint density at radius 3 is 2.56 bits per heavy atom. The standard InChI is InChI=1S/C10H8Cl2N2OS/c11-7-2-1-3-8(12)6(7)4-10(15)9-5-16-14-13-9/h1-3,5,10,15H,4H2. The summed E-state index contributed by atoms with van der Waals surface area (Å²) in [5, 5.41) is 16.5. The average Bonchev–Trinajstić information content (AvgIpc) is 2.76. The number of hydrogen-bond acceptors (Lipinski definition) is 4. The van der Waals surface area contributed by atoms with Gasteiger partial charge in [-0.3, -0.25) is 0 Å². The summed E-state index contributed by atoms with van der Waals surface area (Å²) < 4.78 is 3.70. The zero-order valence-electron chi connectivity index (χ0n) is 8.10. The van der Waals surface area contributed by atoms with E-state index in [1.165, 1.54) is 11.5 Å². The number of aliphatic hydroxyl groups excluding tert-OH is 1. The fourth-order valence-electron chi connectivity index (χ4n) is 1.34. The molecular weight excluding hydrogens is 267 g/mol. The monoisotopic (exact) mass is 274 g/mol. The number of benzene rings is 1. The molecule has 0 amide bonds. The van der Waals surface area contributed by atoms with Gasteiger partial charge < -0.3 is 5.11 Å². The third kappa shape index (κ3) is 2.52. The molecule has 6 heteroatoms. The van der Waals surface area contributed by atoms with Gasteiger partial charge in [-0.2, -0.15) is 0 Å². The molecule has 0 aliphatic rings. The van der Waals surface area contributed by atoms with E-state index in [4.69, 9.17) is 23.2 Å². The third-order valence-electron chi connectivity index (χ3n) is 2.18. The van der Waals surface area contributed by atoms with Crippen LogP contribution in [0.15, 0.2) is 23.6 Å². The molecule has 1 unspecified atom stereocenters. The molecule has 0 saturated heterocycles. The van der Waals surface area contributed by atoms with Gasteiger partial charge in [-0.25, -0.2) is 0 Å². The third-order valence-corrected chi connectivity index (χ3v) is 3.41. The minimum absolute atomic E-state index is 0.337. The zero-order valence-corrected chi connectivity index (χ0v) is 10.4. The Kier molecular flexibility index (Phi) is 3.76. The fourth-order valence-corrected chi connectivity index (χ4v) is 2.39. The fraction of sp³-hybridized carbons (Fsp3) is 0.200. The second-order valence-electron chi connectivity index (χ2n) is 3.25. The van der Waals surface area contributed by atoms with Crippen LogP contribution in [-0.2, 0) is 6.42 Å². The molecule has 1 N–H and O–H groups in total. The maximum Gasteiger partial charge on any atom is 0.104 e. The van der Waals surface area contributed by atoms with Gasteiger partial charge in [0.25, 0.3) is 0 Å². The number of nitrogens with zero attached hydrogens (tertiary/aromatic N) is 2. The summed E-state index contributed by atoms with van der Waals surface area (Å²) in [6.45, 7) is 0. The van der Waals surface area contributed by atoms with Crippen LogP contribution in [0.4, 0.5) is 0 Å². The SMILES string of the molecule is OC(Cc1c(Cl)cccc1Cl)c1csnn1. The summed E-state index contributed by atoms with van der Waals surface area (Å²) in [5.74, 6) is 0. The molecule has 1 aromatic heterocycles. The maximum atomic E-state index is 9.90. The molecule has 0 bridgehead atoms. The van der Waals surface area contributed by atoms with Gasteiger partial charge in [0.1, 0.15) is 11.8 Å². The Labute approximate surface area is 107 Å². The first-order valence-electron chi connectivity index (χ1n) is 4.56. The molecule has 1 aromatic carbocycles.